The Balaban J connectivity index is 2.24. The molecule has 0 saturated heterocycles. The molecule has 1 aromatic carbocycles. The van der Waals surface area contributed by atoms with Crippen molar-refractivity contribution in [3.05, 3.63) is 35.4 Å². The predicted molar refractivity (Wildman–Crippen MR) is 65.9 cm³/mol. The molecule has 0 fully saturated rings. The first kappa shape index (κ1) is 11.8. The summed E-state index contributed by atoms with van der Waals surface area (Å²) in [5, 5.41) is 0. The molecule has 0 aromatic heterocycles. The summed E-state index contributed by atoms with van der Waals surface area (Å²) in [6.45, 7) is 4.05. The van der Waals surface area contributed by atoms with Crippen LogP contribution in [0.3, 0.4) is 0 Å². The SMILES string of the molecule is CCCCC(C)N1C(=O)c2ccccc2C1=O. The number of hydrogen-bond donors (Lipinski definition) is 0. The van der Waals surface area contributed by atoms with Gasteiger partial charge in [0.1, 0.15) is 0 Å². The van der Waals surface area contributed by atoms with Gasteiger partial charge in [0.2, 0.25) is 0 Å². The van der Waals surface area contributed by atoms with Gasteiger partial charge >= 0.3 is 0 Å². The van der Waals surface area contributed by atoms with Gasteiger partial charge in [-0.2, -0.15) is 0 Å². The molecule has 2 amide bonds. The average molecular weight is 231 g/mol. The monoisotopic (exact) mass is 231 g/mol. The minimum Gasteiger partial charge on any atom is -0.272 e. The van der Waals surface area contributed by atoms with Crippen molar-refractivity contribution in [2.24, 2.45) is 0 Å². The third-order valence-electron chi connectivity index (χ3n) is 3.24. The highest BCUT2D eigenvalue weighted by Crippen LogP contribution is 2.25. The zero-order valence-electron chi connectivity index (χ0n) is 10.3. The van der Waals surface area contributed by atoms with Crippen LogP contribution >= 0.6 is 0 Å². The number of imide groups is 1. The summed E-state index contributed by atoms with van der Waals surface area (Å²) in [6, 6.07) is 7.03. The zero-order chi connectivity index (χ0) is 12.4. The first-order valence-electron chi connectivity index (χ1n) is 6.13. The molecule has 1 atom stereocenters. The Labute approximate surface area is 101 Å². The fourth-order valence-corrected chi connectivity index (χ4v) is 2.24. The summed E-state index contributed by atoms with van der Waals surface area (Å²) in [4.78, 5) is 25.6. The van der Waals surface area contributed by atoms with Gasteiger partial charge in [-0.3, -0.25) is 14.5 Å². The second-order valence-corrected chi connectivity index (χ2v) is 4.52. The van der Waals surface area contributed by atoms with E-state index >= 15 is 0 Å². The molecule has 0 N–H and O–H groups in total. The summed E-state index contributed by atoms with van der Waals surface area (Å²) >= 11 is 0. The van der Waals surface area contributed by atoms with Crippen LogP contribution in [0.4, 0.5) is 0 Å². The Morgan fingerprint density at radius 1 is 1.12 bits per heavy atom. The highest BCUT2D eigenvalue weighted by molar-refractivity contribution is 6.21. The molecule has 3 nitrogen and oxygen atoms in total. The molecule has 3 heteroatoms. The van der Waals surface area contributed by atoms with E-state index in [0.717, 1.165) is 19.3 Å². The van der Waals surface area contributed by atoms with E-state index in [1.807, 2.05) is 6.92 Å². The number of hydrogen-bond acceptors (Lipinski definition) is 2. The van der Waals surface area contributed by atoms with Crippen molar-refractivity contribution in [3.63, 3.8) is 0 Å². The average Bonchev–Trinajstić information content (AvgIpc) is 2.60. The fourth-order valence-electron chi connectivity index (χ4n) is 2.24. The summed E-state index contributed by atoms with van der Waals surface area (Å²) in [7, 11) is 0. The van der Waals surface area contributed by atoms with E-state index in [1.54, 1.807) is 24.3 Å². The van der Waals surface area contributed by atoms with Crippen molar-refractivity contribution in [2.75, 3.05) is 0 Å². The van der Waals surface area contributed by atoms with Crippen LogP contribution in [-0.4, -0.2) is 22.8 Å². The van der Waals surface area contributed by atoms with Crippen molar-refractivity contribution in [2.45, 2.75) is 39.2 Å². The number of benzene rings is 1. The van der Waals surface area contributed by atoms with Crippen LogP contribution in [0.1, 0.15) is 53.8 Å². The maximum atomic E-state index is 12.1. The lowest BCUT2D eigenvalue weighted by Gasteiger charge is -2.22. The summed E-state index contributed by atoms with van der Waals surface area (Å²) < 4.78 is 0. The Morgan fingerprint density at radius 3 is 2.12 bits per heavy atom. The van der Waals surface area contributed by atoms with Gasteiger partial charge in [0.05, 0.1) is 11.1 Å². The van der Waals surface area contributed by atoms with Gasteiger partial charge in [-0.1, -0.05) is 31.9 Å². The molecule has 0 radical (unpaired) electrons. The van der Waals surface area contributed by atoms with Gasteiger partial charge in [0, 0.05) is 6.04 Å². The van der Waals surface area contributed by atoms with Crippen LogP contribution in [-0.2, 0) is 0 Å². The Bertz CT molecular complexity index is 418. The molecule has 1 aliphatic rings. The Kier molecular flexibility index (Phi) is 3.27. The molecule has 0 aliphatic carbocycles. The lowest BCUT2D eigenvalue weighted by molar-refractivity contribution is 0.0588. The van der Waals surface area contributed by atoms with Crippen molar-refractivity contribution in [1.29, 1.82) is 0 Å². The number of amides is 2. The topological polar surface area (TPSA) is 37.4 Å². The van der Waals surface area contributed by atoms with Crippen LogP contribution in [0.15, 0.2) is 24.3 Å². The van der Waals surface area contributed by atoms with Gasteiger partial charge in [0.15, 0.2) is 0 Å². The Hall–Kier alpha value is -1.64. The van der Waals surface area contributed by atoms with Crippen LogP contribution in [0.25, 0.3) is 0 Å². The second-order valence-electron chi connectivity index (χ2n) is 4.52. The lowest BCUT2D eigenvalue weighted by Crippen LogP contribution is -2.37. The van der Waals surface area contributed by atoms with Crippen LogP contribution in [0.5, 0.6) is 0 Å². The summed E-state index contributed by atoms with van der Waals surface area (Å²) in [5.74, 6) is -0.289. The minimum atomic E-state index is -0.144. The first-order valence-corrected chi connectivity index (χ1v) is 6.13. The predicted octanol–water partition coefficient (Wildman–Crippen LogP) is 2.86. The first-order chi connectivity index (χ1) is 8.16. The quantitative estimate of drug-likeness (QED) is 0.747. The molecule has 1 unspecified atom stereocenters. The normalized spacial score (nSPS) is 16.2. The number of nitrogens with zero attached hydrogens (tertiary/aromatic N) is 1. The summed E-state index contributed by atoms with van der Waals surface area (Å²) in [5.41, 5.74) is 1.08. The maximum absolute atomic E-state index is 12.1. The smallest absolute Gasteiger partial charge is 0.261 e. The molecule has 90 valence electrons. The third kappa shape index (κ3) is 1.97. The second kappa shape index (κ2) is 4.70. The molecule has 1 aromatic rings. The number of carbonyl (C=O) groups is 2. The van der Waals surface area contributed by atoms with Gasteiger partial charge < -0.3 is 0 Å². The van der Waals surface area contributed by atoms with E-state index in [4.69, 9.17) is 0 Å². The van der Waals surface area contributed by atoms with Crippen LogP contribution in [0.2, 0.25) is 0 Å². The maximum Gasteiger partial charge on any atom is 0.261 e. The van der Waals surface area contributed by atoms with E-state index in [-0.39, 0.29) is 17.9 Å². The van der Waals surface area contributed by atoms with Crippen molar-refractivity contribution in [3.8, 4) is 0 Å². The largest absolute Gasteiger partial charge is 0.272 e. The van der Waals surface area contributed by atoms with Gasteiger partial charge in [-0.25, -0.2) is 0 Å². The Morgan fingerprint density at radius 2 is 1.65 bits per heavy atom. The minimum absolute atomic E-state index is 0.0117. The van der Waals surface area contributed by atoms with Gasteiger partial charge in [-0.15, -0.1) is 0 Å². The molecule has 0 bridgehead atoms. The molecular weight excluding hydrogens is 214 g/mol. The number of carbonyl (C=O) groups excluding carboxylic acids is 2. The zero-order valence-corrected chi connectivity index (χ0v) is 10.3. The van der Waals surface area contributed by atoms with Gasteiger partial charge in [0.25, 0.3) is 11.8 Å². The number of rotatable bonds is 4. The van der Waals surface area contributed by atoms with Crippen molar-refractivity contribution >= 4 is 11.8 Å². The molecular formula is C14H17NO2. The molecule has 1 heterocycles. The van der Waals surface area contributed by atoms with Crippen molar-refractivity contribution < 1.29 is 9.59 Å². The van der Waals surface area contributed by atoms with E-state index in [2.05, 4.69) is 6.92 Å². The van der Waals surface area contributed by atoms with Crippen molar-refractivity contribution in [1.82, 2.24) is 4.90 Å². The molecule has 2 rings (SSSR count). The molecule has 0 spiro atoms. The van der Waals surface area contributed by atoms with Crippen LogP contribution < -0.4 is 0 Å². The van der Waals surface area contributed by atoms with E-state index in [0.29, 0.717) is 11.1 Å². The molecule has 1 aliphatic heterocycles. The third-order valence-corrected chi connectivity index (χ3v) is 3.24. The molecule has 0 saturated carbocycles. The standard InChI is InChI=1S/C14H17NO2/c1-3-4-7-10(2)15-13(16)11-8-5-6-9-12(11)14(15)17/h5-6,8-10H,3-4,7H2,1-2H3. The lowest BCUT2D eigenvalue weighted by atomic mass is 10.1. The highest BCUT2D eigenvalue weighted by atomic mass is 16.2. The highest BCUT2D eigenvalue weighted by Gasteiger charge is 2.37. The van der Waals surface area contributed by atoms with Crippen LogP contribution in [0, 0.1) is 0 Å². The molecule has 17 heavy (non-hydrogen) atoms. The number of unbranched alkanes of at least 4 members (excludes halogenated alkanes) is 1. The number of fused-ring (bicyclic) bond motifs is 1. The van der Waals surface area contributed by atoms with E-state index in [9.17, 15) is 9.59 Å². The van der Waals surface area contributed by atoms with Gasteiger partial charge in [-0.05, 0) is 25.5 Å². The fraction of sp³-hybridized carbons (Fsp3) is 0.429. The van der Waals surface area contributed by atoms with E-state index in [1.165, 1.54) is 4.90 Å². The van der Waals surface area contributed by atoms with E-state index < -0.39 is 0 Å². The summed E-state index contributed by atoms with van der Waals surface area (Å²) in [6.07, 6.45) is 2.99.